The van der Waals surface area contributed by atoms with Gasteiger partial charge in [0.05, 0.1) is 18.6 Å². The van der Waals surface area contributed by atoms with Gasteiger partial charge in [0.15, 0.2) is 5.78 Å². The maximum atomic E-state index is 14.4. The number of sulfonamides is 2. The van der Waals surface area contributed by atoms with Gasteiger partial charge in [-0.3, -0.25) is 14.2 Å². The van der Waals surface area contributed by atoms with Crippen molar-refractivity contribution >= 4 is 44.9 Å². The highest BCUT2D eigenvalue weighted by Gasteiger charge is 2.49. The normalized spacial score (nSPS) is 20.2. The molecule has 0 unspecified atom stereocenters. The second-order valence-corrected chi connectivity index (χ2v) is 14.9. The molecule has 15 heteroatoms. The van der Waals surface area contributed by atoms with E-state index < -0.39 is 33.4 Å². The Bertz CT molecular complexity index is 1330. The van der Waals surface area contributed by atoms with Gasteiger partial charge in [0.1, 0.15) is 11.5 Å². The van der Waals surface area contributed by atoms with E-state index in [1.807, 2.05) is 0 Å². The molecule has 3 N–H and O–H groups in total. The third kappa shape index (κ3) is 7.40. The topological polar surface area (TPSA) is 160 Å². The lowest BCUT2D eigenvalue weighted by Crippen LogP contribution is -2.46. The van der Waals surface area contributed by atoms with Gasteiger partial charge < -0.3 is 19.3 Å². The monoisotopic (exact) mass is 586 g/mol. The van der Waals surface area contributed by atoms with Gasteiger partial charge in [-0.25, -0.2) is 21.4 Å². The quantitative estimate of drug-likeness (QED) is 0.356. The fraction of sp³-hybridized carbons (Fsp3) is 0.435. The maximum Gasteiger partial charge on any atom is 0.453 e. The molecule has 0 aromatic heterocycles. The molecule has 0 aliphatic carbocycles. The van der Waals surface area contributed by atoms with E-state index in [-0.39, 0.29) is 23.4 Å². The summed E-state index contributed by atoms with van der Waals surface area (Å²) in [7, 11) is -11.0. The number of carbonyl (C=O) groups is 1. The van der Waals surface area contributed by atoms with Crippen molar-refractivity contribution in [1.82, 2.24) is 10.2 Å². The van der Waals surface area contributed by atoms with Gasteiger partial charge in [-0.15, -0.1) is 0 Å². The summed E-state index contributed by atoms with van der Waals surface area (Å²) in [6.07, 6.45) is 4.65. The number of amides is 1. The second kappa shape index (κ2) is 11.1. The lowest BCUT2D eigenvalue weighted by Gasteiger charge is -2.32. The zero-order valence-corrected chi connectivity index (χ0v) is 23.5. The SMILES string of the molecule is CS(=O)(=O)Nc1ccc(OP(=O)(Oc2ccc(NS(C)(=O)=O)cc2)[C@@H]2CCCN2C(=O)[C@@H]2CCCN2)cc1. The van der Waals surface area contributed by atoms with Crippen molar-refractivity contribution in [3.8, 4) is 11.5 Å². The molecule has 2 atom stereocenters. The summed E-state index contributed by atoms with van der Waals surface area (Å²) < 4.78 is 77.1. The minimum atomic E-state index is -4.07. The number of rotatable bonds is 10. The average molecular weight is 587 g/mol. The minimum absolute atomic E-state index is 0.155. The Morgan fingerprint density at radius 2 is 1.37 bits per heavy atom. The predicted octanol–water partition coefficient (Wildman–Crippen LogP) is 2.78. The van der Waals surface area contributed by atoms with Crippen molar-refractivity contribution in [1.29, 1.82) is 0 Å². The van der Waals surface area contributed by atoms with Crippen LogP contribution < -0.4 is 23.8 Å². The number of nitrogens with one attached hydrogen (secondary N) is 3. The first-order valence-electron chi connectivity index (χ1n) is 12.0. The van der Waals surface area contributed by atoms with E-state index >= 15 is 0 Å². The van der Waals surface area contributed by atoms with Gasteiger partial charge in [0.2, 0.25) is 26.0 Å². The molecular formula is C23H31N4O8PS2. The molecule has 0 spiro atoms. The standard InChI is InChI=1S/C23H31N4O8PS2/c1-37(30,31)25-17-7-11-19(12-8-17)34-36(29,35-20-13-9-18(10-14-20)26-38(2,32)33)22-6-4-16-27(22)23(28)21-5-3-15-24-21/h7-14,21-22,24-26H,3-6,15-16H2,1-2H3/t21-,22+/m0/s1. The summed E-state index contributed by atoms with van der Waals surface area (Å²) in [5, 5.41) is 3.18. The van der Waals surface area contributed by atoms with Crippen LogP contribution in [0.5, 0.6) is 11.5 Å². The Balaban J connectivity index is 1.62. The molecule has 2 saturated heterocycles. The summed E-state index contributed by atoms with van der Waals surface area (Å²) in [5.41, 5.74) is 0.601. The number of hydrogen-bond acceptors (Lipinski definition) is 9. The van der Waals surface area contributed by atoms with E-state index in [0.717, 1.165) is 25.5 Å². The Morgan fingerprint density at radius 1 is 0.868 bits per heavy atom. The van der Waals surface area contributed by atoms with Gasteiger partial charge in [0.25, 0.3) is 0 Å². The van der Waals surface area contributed by atoms with Crippen LogP contribution in [0.25, 0.3) is 0 Å². The largest absolute Gasteiger partial charge is 0.453 e. The van der Waals surface area contributed by atoms with Crippen LogP contribution in [0.1, 0.15) is 25.7 Å². The summed E-state index contributed by atoms with van der Waals surface area (Å²) in [5.74, 6) is -0.667. The molecule has 2 aromatic carbocycles. The second-order valence-electron chi connectivity index (χ2n) is 9.32. The third-order valence-corrected chi connectivity index (χ3v) is 9.42. The summed E-state index contributed by atoms with van der Waals surface area (Å²) in [4.78, 5) is 14.8. The maximum absolute atomic E-state index is 14.4. The molecule has 2 heterocycles. The predicted molar refractivity (Wildman–Crippen MR) is 144 cm³/mol. The van der Waals surface area contributed by atoms with Crippen molar-refractivity contribution in [3.05, 3.63) is 48.5 Å². The first kappa shape index (κ1) is 28.2. The lowest BCUT2D eigenvalue weighted by atomic mass is 10.2. The van der Waals surface area contributed by atoms with E-state index in [2.05, 4.69) is 14.8 Å². The molecule has 208 valence electrons. The van der Waals surface area contributed by atoms with E-state index in [1.165, 1.54) is 48.5 Å². The van der Waals surface area contributed by atoms with Crippen LogP contribution in [0.15, 0.2) is 48.5 Å². The Morgan fingerprint density at radius 3 is 1.79 bits per heavy atom. The molecule has 0 radical (unpaired) electrons. The van der Waals surface area contributed by atoms with Crippen LogP contribution in [0, 0.1) is 0 Å². The molecule has 1 amide bonds. The number of hydrogen-bond donors (Lipinski definition) is 3. The molecule has 0 bridgehead atoms. The lowest BCUT2D eigenvalue weighted by molar-refractivity contribution is -0.132. The molecule has 4 rings (SSSR count). The first-order valence-corrected chi connectivity index (χ1v) is 17.4. The number of carbonyl (C=O) groups excluding carboxylic acids is 1. The van der Waals surface area contributed by atoms with Gasteiger partial charge in [-0.05, 0) is 80.8 Å². The first-order chi connectivity index (χ1) is 17.8. The van der Waals surface area contributed by atoms with Gasteiger partial charge >= 0.3 is 7.60 Å². The zero-order chi connectivity index (χ0) is 27.6. The van der Waals surface area contributed by atoms with Gasteiger partial charge in [0, 0.05) is 17.9 Å². The van der Waals surface area contributed by atoms with Crippen molar-refractivity contribution in [2.45, 2.75) is 37.5 Å². The van der Waals surface area contributed by atoms with Crippen molar-refractivity contribution in [3.63, 3.8) is 0 Å². The van der Waals surface area contributed by atoms with Crippen LogP contribution in [-0.2, 0) is 29.4 Å². The fourth-order valence-corrected chi connectivity index (χ4v) is 7.77. The molecule has 2 aliphatic rings. The minimum Gasteiger partial charge on any atom is -0.415 e. The molecule has 2 fully saturated rings. The van der Waals surface area contributed by atoms with Crippen molar-refractivity contribution < 1.29 is 35.2 Å². The number of nitrogens with zero attached hydrogens (tertiary/aromatic N) is 1. The van der Waals surface area contributed by atoms with E-state index in [0.29, 0.717) is 37.2 Å². The zero-order valence-electron chi connectivity index (χ0n) is 21.0. The highest BCUT2D eigenvalue weighted by atomic mass is 32.2. The molecule has 12 nitrogen and oxygen atoms in total. The number of anilines is 2. The Labute approximate surface area is 222 Å². The molecular weight excluding hydrogens is 555 g/mol. The summed E-state index contributed by atoms with van der Waals surface area (Å²) in [6, 6.07) is 11.3. The summed E-state index contributed by atoms with van der Waals surface area (Å²) in [6.45, 7) is 1.15. The van der Waals surface area contributed by atoms with E-state index in [9.17, 15) is 26.2 Å². The molecule has 0 saturated carbocycles. The number of benzene rings is 2. The van der Waals surface area contributed by atoms with Gasteiger partial charge in [-0.1, -0.05) is 0 Å². The van der Waals surface area contributed by atoms with Crippen LogP contribution >= 0.6 is 7.60 Å². The summed E-state index contributed by atoms with van der Waals surface area (Å²) >= 11 is 0. The Hall–Kier alpha value is -2.80. The van der Waals surface area contributed by atoms with E-state index in [1.54, 1.807) is 4.90 Å². The van der Waals surface area contributed by atoms with Crippen molar-refractivity contribution in [2.24, 2.45) is 0 Å². The molecule has 38 heavy (non-hydrogen) atoms. The van der Waals surface area contributed by atoms with Crippen LogP contribution in [0.2, 0.25) is 0 Å². The van der Waals surface area contributed by atoms with Gasteiger partial charge in [-0.2, -0.15) is 0 Å². The van der Waals surface area contributed by atoms with E-state index in [4.69, 9.17) is 9.05 Å². The van der Waals surface area contributed by atoms with Crippen molar-refractivity contribution in [2.75, 3.05) is 35.0 Å². The average Bonchev–Trinajstić information content (AvgIpc) is 3.52. The third-order valence-electron chi connectivity index (χ3n) is 6.01. The highest BCUT2D eigenvalue weighted by Crippen LogP contribution is 2.57. The highest BCUT2D eigenvalue weighted by molar-refractivity contribution is 7.92. The molecule has 2 aliphatic heterocycles. The smallest absolute Gasteiger partial charge is 0.415 e. The van der Waals surface area contributed by atoms with Crippen LogP contribution in [-0.4, -0.2) is 65.1 Å². The molecule has 2 aromatic rings. The van der Waals surface area contributed by atoms with Crippen LogP contribution in [0.3, 0.4) is 0 Å². The Kier molecular flexibility index (Phi) is 8.26. The fourth-order valence-electron chi connectivity index (χ4n) is 4.46. The van der Waals surface area contributed by atoms with Crippen LogP contribution in [0.4, 0.5) is 11.4 Å². The number of likely N-dealkylation sites (tertiary alicyclic amines) is 1.